The number of fused-ring (bicyclic) bond motifs is 2. The summed E-state index contributed by atoms with van der Waals surface area (Å²) in [5, 5.41) is 0. The van der Waals surface area contributed by atoms with Gasteiger partial charge in [0.1, 0.15) is 0 Å². The first-order valence-electron chi connectivity index (χ1n) is 12.6. The second-order valence-electron chi connectivity index (χ2n) is 10.6. The van der Waals surface area contributed by atoms with Gasteiger partial charge in [-0.2, -0.15) is 0 Å². The second-order valence-corrected chi connectivity index (χ2v) is 10.6. The van der Waals surface area contributed by atoms with Gasteiger partial charge in [-0.1, -0.05) is 58.8 Å². The maximum atomic E-state index is 2.93. The van der Waals surface area contributed by atoms with E-state index in [2.05, 4.69) is 37.5 Å². The van der Waals surface area contributed by atoms with E-state index in [0.717, 1.165) is 23.8 Å². The lowest BCUT2D eigenvalue weighted by Gasteiger charge is -2.60. The third kappa shape index (κ3) is 5.10. The van der Waals surface area contributed by atoms with Crippen LogP contribution in [-0.4, -0.2) is 48.6 Å². The van der Waals surface area contributed by atoms with Crippen LogP contribution in [-0.2, 0) is 0 Å². The number of likely N-dealkylation sites (tertiary alicyclic amines) is 2. The second kappa shape index (κ2) is 10.1. The number of nitrogens with zero attached hydrogens (tertiary/aromatic N) is 2. The van der Waals surface area contributed by atoms with Crippen molar-refractivity contribution in [3.05, 3.63) is 0 Å². The highest BCUT2D eigenvalue weighted by Crippen LogP contribution is 2.52. The molecule has 2 aliphatic heterocycles. The molecule has 158 valence electrons. The summed E-state index contributed by atoms with van der Waals surface area (Å²) in [6, 6.07) is 0.718. The Bertz CT molecular complexity index is 400. The molecule has 27 heavy (non-hydrogen) atoms. The average Bonchev–Trinajstić information content (AvgIpc) is 2.65. The number of rotatable bonds is 9. The molecule has 2 nitrogen and oxygen atoms in total. The zero-order valence-corrected chi connectivity index (χ0v) is 19.0. The Morgan fingerprint density at radius 3 is 1.85 bits per heavy atom. The molecule has 2 unspecified atom stereocenters. The molecule has 2 bridgehead atoms. The van der Waals surface area contributed by atoms with Crippen molar-refractivity contribution in [3.8, 4) is 0 Å². The number of unbranched alkanes of at least 4 members (excludes halogenated alkanes) is 2. The molecule has 3 rings (SSSR count). The average molecular weight is 377 g/mol. The van der Waals surface area contributed by atoms with E-state index >= 15 is 0 Å². The molecule has 3 aliphatic rings. The highest BCUT2D eigenvalue weighted by Gasteiger charge is 2.52. The Morgan fingerprint density at radius 1 is 0.815 bits per heavy atom. The molecule has 0 N–H and O–H groups in total. The molecule has 2 heterocycles. The van der Waals surface area contributed by atoms with Crippen LogP contribution in [0.1, 0.15) is 98.3 Å². The van der Waals surface area contributed by atoms with Gasteiger partial charge < -0.3 is 9.80 Å². The molecule has 2 atom stereocenters. The van der Waals surface area contributed by atoms with Gasteiger partial charge >= 0.3 is 0 Å². The summed E-state index contributed by atoms with van der Waals surface area (Å²) in [5.41, 5.74) is 0.653. The van der Waals surface area contributed by atoms with Crippen LogP contribution in [0.2, 0.25) is 0 Å². The van der Waals surface area contributed by atoms with E-state index in [4.69, 9.17) is 0 Å². The Balaban J connectivity index is 1.74. The molecule has 2 heteroatoms. The quantitative estimate of drug-likeness (QED) is 0.472. The number of hydrogen-bond donors (Lipinski definition) is 0. The van der Waals surface area contributed by atoms with Gasteiger partial charge in [-0.3, -0.25) is 0 Å². The highest BCUT2D eigenvalue weighted by molar-refractivity contribution is 5.04. The van der Waals surface area contributed by atoms with E-state index < -0.39 is 0 Å². The van der Waals surface area contributed by atoms with Crippen LogP contribution in [0.5, 0.6) is 0 Å². The predicted octanol–water partition coefficient (Wildman–Crippen LogP) is 6.21. The zero-order valence-electron chi connectivity index (χ0n) is 19.0. The minimum atomic E-state index is 0.653. The monoisotopic (exact) mass is 376 g/mol. The summed E-state index contributed by atoms with van der Waals surface area (Å²) in [6.45, 7) is 16.5. The van der Waals surface area contributed by atoms with Gasteiger partial charge in [0.25, 0.3) is 0 Å². The summed E-state index contributed by atoms with van der Waals surface area (Å²) in [6.07, 6.45) is 16.1. The number of hydrogen-bond acceptors (Lipinski definition) is 2. The van der Waals surface area contributed by atoms with Crippen LogP contribution in [0.15, 0.2) is 0 Å². The molecule has 0 aromatic rings. The predicted molar refractivity (Wildman–Crippen MR) is 118 cm³/mol. The maximum Gasteiger partial charge on any atom is 0.00388 e. The maximum absolute atomic E-state index is 2.93. The van der Waals surface area contributed by atoms with Gasteiger partial charge in [0, 0.05) is 38.8 Å². The summed E-state index contributed by atoms with van der Waals surface area (Å²) < 4.78 is 0. The van der Waals surface area contributed by atoms with E-state index in [1.807, 2.05) is 0 Å². The van der Waals surface area contributed by atoms with Gasteiger partial charge in [0.05, 0.1) is 0 Å². The van der Waals surface area contributed by atoms with Crippen LogP contribution in [0, 0.1) is 23.2 Å². The van der Waals surface area contributed by atoms with Crippen LogP contribution in [0.3, 0.4) is 0 Å². The van der Waals surface area contributed by atoms with Gasteiger partial charge in [0.15, 0.2) is 0 Å². The van der Waals surface area contributed by atoms with Gasteiger partial charge in [0.2, 0.25) is 0 Å². The van der Waals surface area contributed by atoms with Crippen molar-refractivity contribution in [1.82, 2.24) is 9.80 Å². The van der Waals surface area contributed by atoms with Crippen molar-refractivity contribution in [1.29, 1.82) is 0 Å². The standard InChI is InChI=1S/C25H48N2/c1-5-7-14-25(15-8-6-2)23-17-26(16-22-12-10-9-11-13-22)18-24(25)20-27(19-23)21(3)4/h21-24H,5-20H2,1-4H3. The fourth-order valence-electron chi connectivity index (χ4n) is 6.77. The normalized spacial score (nSPS) is 30.1. The van der Waals surface area contributed by atoms with Gasteiger partial charge in [-0.15, -0.1) is 0 Å². The van der Waals surface area contributed by atoms with Crippen molar-refractivity contribution in [2.75, 3.05) is 32.7 Å². The van der Waals surface area contributed by atoms with E-state index in [9.17, 15) is 0 Å². The van der Waals surface area contributed by atoms with Crippen LogP contribution in [0.25, 0.3) is 0 Å². The lowest BCUT2D eigenvalue weighted by molar-refractivity contribution is -0.113. The SMILES string of the molecule is CCCCC1(CCCC)C2CN(CC3CCCCC3)CC1CN(C(C)C)C2. The first-order valence-corrected chi connectivity index (χ1v) is 12.6. The fourth-order valence-corrected chi connectivity index (χ4v) is 6.77. The molecule has 3 fully saturated rings. The van der Waals surface area contributed by atoms with Crippen molar-refractivity contribution in [2.45, 2.75) is 104 Å². The summed E-state index contributed by atoms with van der Waals surface area (Å²) in [4.78, 5) is 5.75. The van der Waals surface area contributed by atoms with Crippen molar-refractivity contribution in [2.24, 2.45) is 23.2 Å². The zero-order chi connectivity index (χ0) is 19.3. The molecule has 0 amide bonds. The highest BCUT2D eigenvalue weighted by atomic mass is 15.2. The molecule has 0 spiro atoms. The van der Waals surface area contributed by atoms with E-state index in [1.165, 1.54) is 103 Å². The lowest BCUT2D eigenvalue weighted by atomic mass is 9.56. The first-order chi connectivity index (χ1) is 13.1. The molecule has 2 saturated heterocycles. The Morgan fingerprint density at radius 2 is 1.37 bits per heavy atom. The molecule has 0 aromatic carbocycles. The van der Waals surface area contributed by atoms with Crippen LogP contribution < -0.4 is 0 Å². The summed E-state index contributed by atoms with van der Waals surface area (Å²) >= 11 is 0. The summed E-state index contributed by atoms with van der Waals surface area (Å²) in [7, 11) is 0. The fraction of sp³-hybridized carbons (Fsp3) is 1.00. The van der Waals surface area contributed by atoms with Crippen molar-refractivity contribution in [3.63, 3.8) is 0 Å². The van der Waals surface area contributed by atoms with Gasteiger partial charge in [-0.05, 0) is 62.7 Å². The van der Waals surface area contributed by atoms with Crippen LogP contribution >= 0.6 is 0 Å². The lowest BCUT2D eigenvalue weighted by Crippen LogP contribution is -2.64. The topological polar surface area (TPSA) is 6.48 Å². The largest absolute Gasteiger partial charge is 0.302 e. The van der Waals surface area contributed by atoms with Crippen molar-refractivity contribution >= 4 is 0 Å². The van der Waals surface area contributed by atoms with Crippen LogP contribution in [0.4, 0.5) is 0 Å². The molecule has 1 saturated carbocycles. The third-order valence-electron chi connectivity index (χ3n) is 8.46. The molecule has 0 radical (unpaired) electrons. The Labute approximate surface area is 170 Å². The minimum absolute atomic E-state index is 0.653. The molecular formula is C25H48N2. The summed E-state index contributed by atoms with van der Waals surface area (Å²) in [5.74, 6) is 2.82. The molecule has 1 aliphatic carbocycles. The number of piperidine rings is 2. The van der Waals surface area contributed by atoms with E-state index in [1.54, 1.807) is 0 Å². The van der Waals surface area contributed by atoms with Gasteiger partial charge in [-0.25, -0.2) is 0 Å². The Kier molecular flexibility index (Phi) is 8.09. The smallest absolute Gasteiger partial charge is 0.00388 e. The molecular weight excluding hydrogens is 328 g/mol. The third-order valence-corrected chi connectivity index (χ3v) is 8.46. The minimum Gasteiger partial charge on any atom is -0.302 e. The Hall–Kier alpha value is -0.0800. The van der Waals surface area contributed by atoms with E-state index in [0.29, 0.717) is 5.41 Å². The van der Waals surface area contributed by atoms with E-state index in [-0.39, 0.29) is 0 Å². The molecule has 0 aromatic heterocycles. The van der Waals surface area contributed by atoms with Crippen molar-refractivity contribution < 1.29 is 0 Å². The first kappa shape index (κ1) is 21.6.